The molecule has 0 N–H and O–H groups in total. The smallest absolute Gasteiger partial charge is 0.0894 e. The van der Waals surface area contributed by atoms with Gasteiger partial charge in [0.15, 0.2) is 0 Å². The molecule has 2 aliphatic heterocycles. The SMILES string of the molecule is CC12C[Si](C)(C)CC1O2. The van der Waals surface area contributed by atoms with E-state index in [1.165, 1.54) is 12.1 Å². The first-order valence-corrected chi connectivity index (χ1v) is 7.11. The van der Waals surface area contributed by atoms with Crippen LogP contribution in [-0.4, -0.2) is 19.8 Å². The van der Waals surface area contributed by atoms with Crippen molar-refractivity contribution in [2.24, 2.45) is 0 Å². The van der Waals surface area contributed by atoms with E-state index in [0.29, 0.717) is 11.7 Å². The molecule has 0 amide bonds. The van der Waals surface area contributed by atoms with Gasteiger partial charge in [-0.1, -0.05) is 13.1 Å². The molecular weight excluding hydrogens is 128 g/mol. The minimum atomic E-state index is -0.751. The summed E-state index contributed by atoms with van der Waals surface area (Å²) in [5, 5.41) is 0. The van der Waals surface area contributed by atoms with Crippen molar-refractivity contribution in [1.82, 2.24) is 0 Å². The standard InChI is InChI=1S/C7H14OSi/c1-7-5-9(2,3)4-6(7)8-7/h6H,4-5H2,1-3H3. The first-order chi connectivity index (χ1) is 4.02. The van der Waals surface area contributed by atoms with Crippen LogP contribution in [-0.2, 0) is 4.74 Å². The van der Waals surface area contributed by atoms with Gasteiger partial charge in [-0.05, 0) is 19.0 Å². The molecule has 0 aliphatic carbocycles. The number of fused-ring (bicyclic) bond motifs is 1. The van der Waals surface area contributed by atoms with E-state index in [1.54, 1.807) is 0 Å². The first-order valence-electron chi connectivity index (χ1n) is 3.70. The molecule has 9 heavy (non-hydrogen) atoms. The maximum Gasteiger partial charge on any atom is 0.0894 e. The summed E-state index contributed by atoms with van der Waals surface area (Å²) in [6.45, 7) is 7.20. The van der Waals surface area contributed by atoms with Gasteiger partial charge in [0.1, 0.15) is 0 Å². The quantitative estimate of drug-likeness (QED) is 0.371. The molecule has 2 heteroatoms. The lowest BCUT2D eigenvalue weighted by molar-refractivity contribution is 0.317. The highest BCUT2D eigenvalue weighted by molar-refractivity contribution is 6.78. The van der Waals surface area contributed by atoms with Crippen molar-refractivity contribution >= 4 is 8.07 Å². The van der Waals surface area contributed by atoms with Crippen molar-refractivity contribution in [3.8, 4) is 0 Å². The van der Waals surface area contributed by atoms with Gasteiger partial charge in [-0.25, -0.2) is 0 Å². The van der Waals surface area contributed by atoms with Crippen LogP contribution in [0.3, 0.4) is 0 Å². The summed E-state index contributed by atoms with van der Waals surface area (Å²) in [5.74, 6) is 0. The molecule has 52 valence electrons. The third-order valence-electron chi connectivity index (χ3n) is 2.60. The summed E-state index contributed by atoms with van der Waals surface area (Å²) in [6, 6.07) is 2.80. The average Bonchev–Trinajstić information content (AvgIpc) is 2.03. The van der Waals surface area contributed by atoms with Gasteiger partial charge >= 0.3 is 0 Å². The Bertz CT molecular complexity index is 152. The Morgan fingerprint density at radius 3 is 2.44 bits per heavy atom. The highest BCUT2D eigenvalue weighted by Gasteiger charge is 2.62. The normalized spacial score (nSPS) is 53.0. The van der Waals surface area contributed by atoms with Crippen molar-refractivity contribution < 1.29 is 4.74 Å². The Hall–Kier alpha value is 0.177. The number of epoxide rings is 1. The summed E-state index contributed by atoms with van der Waals surface area (Å²) >= 11 is 0. The largest absolute Gasteiger partial charge is 0.367 e. The van der Waals surface area contributed by atoms with Crippen LogP contribution in [0.2, 0.25) is 25.2 Å². The first kappa shape index (κ1) is 5.92. The van der Waals surface area contributed by atoms with Crippen LogP contribution < -0.4 is 0 Å². The highest BCUT2D eigenvalue weighted by atomic mass is 28.3. The minimum absolute atomic E-state index is 0.357. The summed E-state index contributed by atoms with van der Waals surface area (Å²) in [6.07, 6.45) is 0.666. The zero-order valence-corrected chi connectivity index (χ0v) is 7.40. The zero-order valence-electron chi connectivity index (χ0n) is 6.40. The number of ether oxygens (including phenoxy) is 1. The van der Waals surface area contributed by atoms with Gasteiger partial charge in [0.05, 0.1) is 19.8 Å². The van der Waals surface area contributed by atoms with Crippen molar-refractivity contribution in [2.45, 2.75) is 43.8 Å². The van der Waals surface area contributed by atoms with Crippen molar-refractivity contribution in [3.05, 3.63) is 0 Å². The fourth-order valence-electron chi connectivity index (χ4n) is 2.23. The Kier molecular flexibility index (Phi) is 0.839. The van der Waals surface area contributed by atoms with E-state index >= 15 is 0 Å². The lowest BCUT2D eigenvalue weighted by atomic mass is 10.2. The Labute approximate surface area is 57.4 Å². The minimum Gasteiger partial charge on any atom is -0.367 e. The monoisotopic (exact) mass is 142 g/mol. The Morgan fingerprint density at radius 1 is 1.56 bits per heavy atom. The fourth-order valence-corrected chi connectivity index (χ4v) is 6.10. The second-order valence-electron chi connectivity index (χ2n) is 4.46. The molecule has 0 aromatic carbocycles. The van der Waals surface area contributed by atoms with E-state index in [4.69, 9.17) is 4.74 Å². The summed E-state index contributed by atoms with van der Waals surface area (Å²) in [4.78, 5) is 0. The zero-order chi connectivity index (χ0) is 6.70. The summed E-state index contributed by atoms with van der Waals surface area (Å²) in [5.41, 5.74) is 0.357. The van der Waals surface area contributed by atoms with Crippen LogP contribution >= 0.6 is 0 Å². The molecule has 0 bridgehead atoms. The van der Waals surface area contributed by atoms with E-state index in [-0.39, 0.29) is 0 Å². The predicted molar refractivity (Wildman–Crippen MR) is 40.4 cm³/mol. The lowest BCUT2D eigenvalue weighted by Gasteiger charge is -2.16. The lowest BCUT2D eigenvalue weighted by Crippen LogP contribution is -2.24. The number of hydrogen-bond acceptors (Lipinski definition) is 1. The third-order valence-corrected chi connectivity index (χ3v) is 5.74. The molecule has 2 aliphatic rings. The molecule has 0 aromatic heterocycles. The molecule has 0 saturated carbocycles. The summed E-state index contributed by atoms with van der Waals surface area (Å²) < 4.78 is 5.51. The van der Waals surface area contributed by atoms with Gasteiger partial charge in [0, 0.05) is 0 Å². The molecule has 1 nitrogen and oxygen atoms in total. The molecule has 2 atom stereocenters. The van der Waals surface area contributed by atoms with Crippen LogP contribution in [0.4, 0.5) is 0 Å². The molecule has 2 heterocycles. The van der Waals surface area contributed by atoms with Gasteiger partial charge in [0.25, 0.3) is 0 Å². The van der Waals surface area contributed by atoms with Crippen LogP contribution in [0.25, 0.3) is 0 Å². The molecular formula is C7H14OSi. The van der Waals surface area contributed by atoms with E-state index in [2.05, 4.69) is 20.0 Å². The second-order valence-corrected chi connectivity index (χ2v) is 9.55. The number of rotatable bonds is 0. The van der Waals surface area contributed by atoms with Crippen LogP contribution in [0, 0.1) is 0 Å². The molecule has 0 radical (unpaired) electrons. The number of hydrogen-bond donors (Lipinski definition) is 0. The molecule has 2 fully saturated rings. The fraction of sp³-hybridized carbons (Fsp3) is 1.00. The molecule has 0 aromatic rings. The topological polar surface area (TPSA) is 12.5 Å². The Morgan fingerprint density at radius 2 is 2.22 bits per heavy atom. The van der Waals surface area contributed by atoms with Gasteiger partial charge in [0.2, 0.25) is 0 Å². The maximum atomic E-state index is 5.51. The van der Waals surface area contributed by atoms with Crippen LogP contribution in [0.1, 0.15) is 6.92 Å². The van der Waals surface area contributed by atoms with Crippen LogP contribution in [0.15, 0.2) is 0 Å². The van der Waals surface area contributed by atoms with Crippen molar-refractivity contribution in [3.63, 3.8) is 0 Å². The molecule has 2 saturated heterocycles. The van der Waals surface area contributed by atoms with Gasteiger partial charge in [-0.3, -0.25) is 0 Å². The van der Waals surface area contributed by atoms with E-state index in [9.17, 15) is 0 Å². The Balaban J connectivity index is 2.14. The third kappa shape index (κ3) is 0.766. The molecule has 0 spiro atoms. The van der Waals surface area contributed by atoms with Gasteiger partial charge in [-0.15, -0.1) is 0 Å². The second kappa shape index (κ2) is 1.27. The van der Waals surface area contributed by atoms with Crippen LogP contribution in [0.5, 0.6) is 0 Å². The van der Waals surface area contributed by atoms with Crippen molar-refractivity contribution in [1.29, 1.82) is 0 Å². The average molecular weight is 142 g/mol. The van der Waals surface area contributed by atoms with Crippen molar-refractivity contribution in [2.75, 3.05) is 0 Å². The summed E-state index contributed by atoms with van der Waals surface area (Å²) in [7, 11) is -0.751. The molecule has 2 unspecified atom stereocenters. The molecule has 2 rings (SSSR count). The van der Waals surface area contributed by atoms with E-state index < -0.39 is 8.07 Å². The maximum absolute atomic E-state index is 5.51. The van der Waals surface area contributed by atoms with Gasteiger partial charge in [-0.2, -0.15) is 0 Å². The highest BCUT2D eigenvalue weighted by Crippen LogP contribution is 2.54. The van der Waals surface area contributed by atoms with E-state index in [0.717, 1.165) is 0 Å². The predicted octanol–water partition coefficient (Wildman–Crippen LogP) is 1.87. The van der Waals surface area contributed by atoms with Gasteiger partial charge < -0.3 is 4.74 Å². The van der Waals surface area contributed by atoms with E-state index in [1.807, 2.05) is 0 Å².